The van der Waals surface area contributed by atoms with E-state index in [1.54, 1.807) is 11.9 Å². The number of rotatable bonds is 4. The number of para-hydroxylation sites is 1. The molecule has 1 aromatic heterocycles. The van der Waals surface area contributed by atoms with E-state index in [-0.39, 0.29) is 18.4 Å². The lowest BCUT2D eigenvalue weighted by molar-refractivity contribution is -0.138. The van der Waals surface area contributed by atoms with E-state index < -0.39 is 0 Å². The standard InChI is InChI=1S/C18H23N3O2/c1-19-12-14(15-7-3-4-8-16(15)19)11-17(22)20(2)13-18(23)21-9-5-6-10-21/h3-4,7-8,12H,5-6,9-11,13H2,1-2H3. The summed E-state index contributed by atoms with van der Waals surface area (Å²) in [5.41, 5.74) is 2.12. The summed E-state index contributed by atoms with van der Waals surface area (Å²) in [6, 6.07) is 8.06. The van der Waals surface area contributed by atoms with Gasteiger partial charge >= 0.3 is 0 Å². The van der Waals surface area contributed by atoms with Crippen LogP contribution in [0.1, 0.15) is 18.4 Å². The van der Waals surface area contributed by atoms with E-state index in [4.69, 9.17) is 0 Å². The first-order valence-electron chi connectivity index (χ1n) is 8.11. The molecule has 5 nitrogen and oxygen atoms in total. The lowest BCUT2D eigenvalue weighted by Crippen LogP contribution is -2.40. The Labute approximate surface area is 136 Å². The summed E-state index contributed by atoms with van der Waals surface area (Å²) in [4.78, 5) is 28.0. The highest BCUT2D eigenvalue weighted by Crippen LogP contribution is 2.21. The molecule has 5 heteroatoms. The molecule has 2 heterocycles. The Bertz CT molecular complexity index is 729. The maximum absolute atomic E-state index is 12.5. The van der Waals surface area contributed by atoms with Gasteiger partial charge in [0.1, 0.15) is 0 Å². The molecule has 3 rings (SSSR count). The fraction of sp³-hybridized carbons (Fsp3) is 0.444. The molecule has 0 unspecified atom stereocenters. The third kappa shape index (κ3) is 3.23. The number of carbonyl (C=O) groups is 2. The average Bonchev–Trinajstić information content (AvgIpc) is 3.17. The fourth-order valence-electron chi connectivity index (χ4n) is 3.22. The molecule has 1 aliphatic heterocycles. The van der Waals surface area contributed by atoms with Crippen LogP contribution in [0.4, 0.5) is 0 Å². The number of likely N-dealkylation sites (tertiary alicyclic amines) is 1. The van der Waals surface area contributed by atoms with E-state index in [0.717, 1.165) is 42.4 Å². The lowest BCUT2D eigenvalue weighted by Gasteiger charge is -2.21. The molecular weight excluding hydrogens is 290 g/mol. The summed E-state index contributed by atoms with van der Waals surface area (Å²) in [5, 5.41) is 1.10. The summed E-state index contributed by atoms with van der Waals surface area (Å²) in [6.45, 7) is 1.82. The van der Waals surface area contributed by atoms with Crippen molar-refractivity contribution in [1.82, 2.24) is 14.4 Å². The van der Waals surface area contributed by atoms with Crippen molar-refractivity contribution in [3.8, 4) is 0 Å². The Morgan fingerprint density at radius 3 is 2.61 bits per heavy atom. The first-order valence-corrected chi connectivity index (χ1v) is 8.11. The second-order valence-corrected chi connectivity index (χ2v) is 6.30. The number of benzene rings is 1. The van der Waals surface area contributed by atoms with Crippen LogP contribution in [0.25, 0.3) is 10.9 Å². The largest absolute Gasteiger partial charge is 0.350 e. The molecule has 1 aromatic carbocycles. The van der Waals surface area contributed by atoms with Gasteiger partial charge in [0.15, 0.2) is 0 Å². The van der Waals surface area contributed by atoms with Gasteiger partial charge in [0.05, 0.1) is 13.0 Å². The number of likely N-dealkylation sites (N-methyl/N-ethyl adjacent to an activating group) is 1. The van der Waals surface area contributed by atoms with Crippen molar-refractivity contribution >= 4 is 22.7 Å². The highest BCUT2D eigenvalue weighted by atomic mass is 16.2. The number of carbonyl (C=O) groups excluding carboxylic acids is 2. The van der Waals surface area contributed by atoms with Crippen LogP contribution in [0.2, 0.25) is 0 Å². The van der Waals surface area contributed by atoms with Crippen molar-refractivity contribution in [2.75, 3.05) is 26.7 Å². The molecule has 0 bridgehead atoms. The van der Waals surface area contributed by atoms with Gasteiger partial charge in [-0.1, -0.05) is 18.2 Å². The van der Waals surface area contributed by atoms with Gasteiger partial charge in [-0.05, 0) is 24.5 Å². The Kier molecular flexibility index (Phi) is 4.37. The third-order valence-corrected chi connectivity index (χ3v) is 4.58. The molecule has 0 spiro atoms. The lowest BCUT2D eigenvalue weighted by atomic mass is 10.1. The Morgan fingerprint density at radius 1 is 1.17 bits per heavy atom. The van der Waals surface area contributed by atoms with Crippen molar-refractivity contribution < 1.29 is 9.59 Å². The zero-order chi connectivity index (χ0) is 16.4. The van der Waals surface area contributed by atoms with Gasteiger partial charge in [-0.15, -0.1) is 0 Å². The number of nitrogens with zero attached hydrogens (tertiary/aromatic N) is 3. The molecule has 2 amide bonds. The second-order valence-electron chi connectivity index (χ2n) is 6.30. The molecule has 0 atom stereocenters. The molecule has 0 aliphatic carbocycles. The molecule has 122 valence electrons. The van der Waals surface area contributed by atoms with Crippen LogP contribution < -0.4 is 0 Å². The second kappa shape index (κ2) is 6.44. The minimum atomic E-state index is -0.0195. The van der Waals surface area contributed by atoms with Crippen molar-refractivity contribution in [1.29, 1.82) is 0 Å². The normalized spacial score (nSPS) is 14.4. The van der Waals surface area contributed by atoms with Crippen LogP contribution >= 0.6 is 0 Å². The molecule has 0 N–H and O–H groups in total. The smallest absolute Gasteiger partial charge is 0.242 e. The molecule has 2 aromatic rings. The summed E-state index contributed by atoms with van der Waals surface area (Å²) >= 11 is 0. The van der Waals surface area contributed by atoms with Crippen LogP contribution in [-0.4, -0.2) is 52.9 Å². The Hall–Kier alpha value is -2.30. The van der Waals surface area contributed by atoms with Crippen LogP contribution in [0.15, 0.2) is 30.5 Å². The fourth-order valence-corrected chi connectivity index (χ4v) is 3.22. The number of amides is 2. The van der Waals surface area contributed by atoms with Crippen molar-refractivity contribution in [3.63, 3.8) is 0 Å². The number of aromatic nitrogens is 1. The number of aryl methyl sites for hydroxylation is 1. The molecule has 1 aliphatic rings. The van der Waals surface area contributed by atoms with E-state index in [1.807, 2.05) is 47.0 Å². The third-order valence-electron chi connectivity index (χ3n) is 4.58. The monoisotopic (exact) mass is 313 g/mol. The molecule has 1 saturated heterocycles. The molecular formula is C18H23N3O2. The zero-order valence-corrected chi connectivity index (χ0v) is 13.8. The van der Waals surface area contributed by atoms with Crippen molar-refractivity contribution in [3.05, 3.63) is 36.0 Å². The van der Waals surface area contributed by atoms with Crippen LogP contribution in [0.3, 0.4) is 0 Å². The van der Waals surface area contributed by atoms with E-state index in [0.29, 0.717) is 6.42 Å². The average molecular weight is 313 g/mol. The van der Waals surface area contributed by atoms with Gasteiger partial charge < -0.3 is 14.4 Å². The van der Waals surface area contributed by atoms with E-state index >= 15 is 0 Å². The van der Waals surface area contributed by atoms with Crippen molar-refractivity contribution in [2.45, 2.75) is 19.3 Å². The van der Waals surface area contributed by atoms with Gasteiger partial charge in [-0.2, -0.15) is 0 Å². The van der Waals surface area contributed by atoms with Crippen LogP contribution in [0.5, 0.6) is 0 Å². The summed E-state index contributed by atoms with van der Waals surface area (Å²) in [7, 11) is 3.69. The summed E-state index contributed by atoms with van der Waals surface area (Å²) in [6.07, 6.45) is 4.46. The van der Waals surface area contributed by atoms with E-state index in [1.165, 1.54) is 0 Å². The summed E-state index contributed by atoms with van der Waals surface area (Å²) < 4.78 is 2.04. The van der Waals surface area contributed by atoms with E-state index in [2.05, 4.69) is 0 Å². The first-order chi connectivity index (χ1) is 11.1. The Balaban J connectivity index is 1.66. The predicted molar refractivity (Wildman–Crippen MR) is 90.1 cm³/mol. The van der Waals surface area contributed by atoms with E-state index in [9.17, 15) is 9.59 Å². The molecule has 23 heavy (non-hydrogen) atoms. The van der Waals surface area contributed by atoms with Gasteiger partial charge in [-0.3, -0.25) is 9.59 Å². The minimum Gasteiger partial charge on any atom is -0.350 e. The number of fused-ring (bicyclic) bond motifs is 1. The number of hydrogen-bond donors (Lipinski definition) is 0. The number of hydrogen-bond acceptors (Lipinski definition) is 2. The van der Waals surface area contributed by atoms with Gasteiger partial charge in [0.2, 0.25) is 11.8 Å². The van der Waals surface area contributed by atoms with Crippen molar-refractivity contribution in [2.24, 2.45) is 7.05 Å². The van der Waals surface area contributed by atoms with Crippen LogP contribution in [-0.2, 0) is 23.1 Å². The van der Waals surface area contributed by atoms with Gasteiger partial charge in [0.25, 0.3) is 0 Å². The quantitative estimate of drug-likeness (QED) is 0.864. The minimum absolute atomic E-state index is 0.0195. The topological polar surface area (TPSA) is 45.6 Å². The Morgan fingerprint density at radius 2 is 1.87 bits per heavy atom. The van der Waals surface area contributed by atoms with Gasteiger partial charge in [-0.25, -0.2) is 0 Å². The molecule has 0 saturated carbocycles. The highest BCUT2D eigenvalue weighted by molar-refractivity contribution is 5.91. The maximum Gasteiger partial charge on any atom is 0.242 e. The SMILES string of the molecule is CN(CC(=O)N1CCCC1)C(=O)Cc1cn(C)c2ccccc12. The van der Waals surface area contributed by atoms with Crippen LogP contribution in [0, 0.1) is 0 Å². The molecule has 1 fully saturated rings. The summed E-state index contributed by atoms with van der Waals surface area (Å²) in [5.74, 6) is 0.0326. The predicted octanol–water partition coefficient (Wildman–Crippen LogP) is 1.80. The molecule has 0 radical (unpaired) electrons. The maximum atomic E-state index is 12.5. The highest BCUT2D eigenvalue weighted by Gasteiger charge is 2.21. The zero-order valence-electron chi connectivity index (χ0n) is 13.8. The first kappa shape index (κ1) is 15.6. The van der Waals surface area contributed by atoms with Gasteiger partial charge in [0, 0.05) is 44.3 Å².